The van der Waals surface area contributed by atoms with Gasteiger partial charge in [-0.3, -0.25) is 9.69 Å². The van der Waals surface area contributed by atoms with Crippen LogP contribution in [0.15, 0.2) is 23.0 Å². The van der Waals surface area contributed by atoms with E-state index in [9.17, 15) is 4.79 Å². The van der Waals surface area contributed by atoms with Gasteiger partial charge in [-0.2, -0.15) is 4.98 Å². The molecule has 1 amide bonds. The molecule has 0 unspecified atom stereocenters. The maximum absolute atomic E-state index is 11.6. The third-order valence-electron chi connectivity index (χ3n) is 3.45. The van der Waals surface area contributed by atoms with E-state index in [1.165, 1.54) is 0 Å². The molecule has 3 heterocycles. The molecular formula is C14H18N6O2. The quantitative estimate of drug-likeness (QED) is 0.827. The van der Waals surface area contributed by atoms with Crippen LogP contribution in [0.4, 0.5) is 0 Å². The van der Waals surface area contributed by atoms with E-state index in [1.54, 1.807) is 18.5 Å². The molecule has 1 saturated heterocycles. The molecule has 0 bridgehead atoms. The summed E-state index contributed by atoms with van der Waals surface area (Å²) in [6.07, 6.45) is 4.22. The van der Waals surface area contributed by atoms with Crippen molar-refractivity contribution in [2.45, 2.75) is 19.3 Å². The maximum Gasteiger partial charge on any atom is 0.240 e. The highest BCUT2D eigenvalue weighted by molar-refractivity contribution is 5.78. The van der Waals surface area contributed by atoms with Crippen LogP contribution in [0.2, 0.25) is 0 Å². The first-order valence-corrected chi connectivity index (χ1v) is 7.36. The van der Waals surface area contributed by atoms with E-state index >= 15 is 0 Å². The first kappa shape index (κ1) is 14.6. The monoisotopic (exact) mass is 302 g/mol. The molecule has 0 aliphatic carbocycles. The van der Waals surface area contributed by atoms with Gasteiger partial charge in [0.2, 0.25) is 23.4 Å². The minimum absolute atomic E-state index is 0.0594. The van der Waals surface area contributed by atoms with Crippen LogP contribution in [0.25, 0.3) is 11.6 Å². The lowest BCUT2D eigenvalue weighted by Crippen LogP contribution is -2.49. The van der Waals surface area contributed by atoms with E-state index in [1.807, 2.05) is 6.92 Å². The number of rotatable bonds is 6. The van der Waals surface area contributed by atoms with Gasteiger partial charge < -0.3 is 9.84 Å². The van der Waals surface area contributed by atoms with Crippen molar-refractivity contribution in [2.75, 3.05) is 26.2 Å². The summed E-state index contributed by atoms with van der Waals surface area (Å²) in [6, 6.07) is 1.73. The van der Waals surface area contributed by atoms with Crippen LogP contribution in [0, 0.1) is 0 Å². The van der Waals surface area contributed by atoms with Gasteiger partial charge in [-0.1, -0.05) is 12.1 Å². The first-order valence-electron chi connectivity index (χ1n) is 7.36. The third-order valence-corrected chi connectivity index (χ3v) is 3.45. The molecule has 0 saturated carbocycles. The molecule has 0 radical (unpaired) electrons. The Hall–Kier alpha value is -2.35. The van der Waals surface area contributed by atoms with E-state index in [4.69, 9.17) is 4.52 Å². The fraction of sp³-hybridized carbons (Fsp3) is 0.500. The number of likely N-dealkylation sites (tertiary alicyclic amines) is 1. The summed E-state index contributed by atoms with van der Waals surface area (Å²) in [4.78, 5) is 26.2. The molecule has 8 nitrogen and oxygen atoms in total. The highest BCUT2D eigenvalue weighted by atomic mass is 16.5. The molecule has 1 N–H and O–H groups in total. The summed E-state index contributed by atoms with van der Waals surface area (Å²) in [5.74, 6) is 1.66. The van der Waals surface area contributed by atoms with Crippen molar-refractivity contribution in [3.63, 3.8) is 0 Å². The van der Waals surface area contributed by atoms with Crippen LogP contribution in [-0.2, 0) is 4.79 Å². The second-order valence-electron chi connectivity index (χ2n) is 5.27. The Bertz CT molecular complexity index is 623. The van der Waals surface area contributed by atoms with Crippen molar-refractivity contribution in [1.29, 1.82) is 0 Å². The van der Waals surface area contributed by atoms with Crippen LogP contribution in [0.5, 0.6) is 0 Å². The van der Waals surface area contributed by atoms with Crippen molar-refractivity contribution >= 4 is 5.91 Å². The van der Waals surface area contributed by atoms with Crippen LogP contribution in [-0.4, -0.2) is 57.1 Å². The van der Waals surface area contributed by atoms with Crippen LogP contribution < -0.4 is 5.32 Å². The van der Waals surface area contributed by atoms with E-state index < -0.39 is 0 Å². The van der Waals surface area contributed by atoms with Crippen molar-refractivity contribution < 1.29 is 9.32 Å². The number of carbonyl (C=O) groups is 1. The number of carbonyl (C=O) groups excluding carboxylic acids is 1. The average molecular weight is 302 g/mol. The molecule has 116 valence electrons. The highest BCUT2D eigenvalue weighted by Crippen LogP contribution is 2.26. The summed E-state index contributed by atoms with van der Waals surface area (Å²) >= 11 is 0. The van der Waals surface area contributed by atoms with Gasteiger partial charge in [0, 0.05) is 32.0 Å². The lowest BCUT2D eigenvalue weighted by Gasteiger charge is -2.36. The topological polar surface area (TPSA) is 97.0 Å². The number of nitrogens with one attached hydrogen (secondary N) is 1. The van der Waals surface area contributed by atoms with Gasteiger partial charge in [0.15, 0.2) is 0 Å². The number of hydrogen-bond acceptors (Lipinski definition) is 7. The van der Waals surface area contributed by atoms with Crippen molar-refractivity contribution in [3.05, 3.63) is 24.4 Å². The second kappa shape index (κ2) is 6.61. The van der Waals surface area contributed by atoms with Crippen LogP contribution >= 0.6 is 0 Å². The Balaban J connectivity index is 1.51. The molecule has 1 fully saturated rings. The van der Waals surface area contributed by atoms with Gasteiger partial charge in [-0.05, 0) is 12.5 Å². The van der Waals surface area contributed by atoms with Crippen molar-refractivity contribution in [2.24, 2.45) is 0 Å². The highest BCUT2D eigenvalue weighted by Gasteiger charge is 2.33. The zero-order chi connectivity index (χ0) is 15.4. The molecule has 0 spiro atoms. The maximum atomic E-state index is 11.6. The molecular weight excluding hydrogens is 284 g/mol. The number of aromatic nitrogens is 4. The molecule has 0 atom stereocenters. The summed E-state index contributed by atoms with van der Waals surface area (Å²) in [7, 11) is 0. The molecule has 2 aromatic rings. The normalized spacial score (nSPS) is 15.5. The Morgan fingerprint density at radius 3 is 2.86 bits per heavy atom. The molecule has 0 aromatic carbocycles. The fourth-order valence-electron chi connectivity index (χ4n) is 2.28. The number of hydrogen-bond donors (Lipinski definition) is 1. The molecule has 3 rings (SSSR count). The summed E-state index contributed by atoms with van der Waals surface area (Å²) < 4.78 is 5.27. The fourth-order valence-corrected chi connectivity index (χ4v) is 2.28. The van der Waals surface area contributed by atoms with Gasteiger partial charge in [0.05, 0.1) is 12.5 Å². The second-order valence-corrected chi connectivity index (χ2v) is 5.27. The van der Waals surface area contributed by atoms with Crippen molar-refractivity contribution in [1.82, 2.24) is 30.3 Å². The summed E-state index contributed by atoms with van der Waals surface area (Å²) in [6.45, 7) is 4.66. The van der Waals surface area contributed by atoms with Gasteiger partial charge in [0.25, 0.3) is 0 Å². The zero-order valence-corrected chi connectivity index (χ0v) is 12.4. The lowest BCUT2D eigenvalue weighted by molar-refractivity contribution is -0.123. The Kier molecular flexibility index (Phi) is 4.38. The molecule has 8 heteroatoms. The van der Waals surface area contributed by atoms with E-state index in [2.05, 4.69) is 30.3 Å². The van der Waals surface area contributed by atoms with E-state index in [0.717, 1.165) is 26.1 Å². The van der Waals surface area contributed by atoms with Crippen molar-refractivity contribution in [3.8, 4) is 11.6 Å². The SMILES string of the molecule is CCCNC(=O)CN1CC(c2nc(-c3ncccn3)no2)C1. The van der Waals surface area contributed by atoms with Gasteiger partial charge in [-0.15, -0.1) is 0 Å². The smallest absolute Gasteiger partial charge is 0.240 e. The van der Waals surface area contributed by atoms with Gasteiger partial charge in [-0.25, -0.2) is 9.97 Å². The Morgan fingerprint density at radius 2 is 2.14 bits per heavy atom. The molecule has 22 heavy (non-hydrogen) atoms. The third kappa shape index (κ3) is 3.28. The summed E-state index contributed by atoms with van der Waals surface area (Å²) in [5.41, 5.74) is 0. The van der Waals surface area contributed by atoms with Gasteiger partial charge in [0.1, 0.15) is 0 Å². The Labute approximate surface area is 127 Å². The van der Waals surface area contributed by atoms with E-state index in [-0.39, 0.29) is 11.8 Å². The first-order chi connectivity index (χ1) is 10.8. The predicted octanol–water partition coefficient (Wildman–Crippen LogP) is 0.452. The lowest BCUT2D eigenvalue weighted by atomic mass is 10.0. The minimum atomic E-state index is 0.0594. The average Bonchev–Trinajstić information content (AvgIpc) is 2.98. The zero-order valence-electron chi connectivity index (χ0n) is 12.4. The van der Waals surface area contributed by atoms with E-state index in [0.29, 0.717) is 24.1 Å². The Morgan fingerprint density at radius 1 is 1.36 bits per heavy atom. The van der Waals surface area contributed by atoms with Crippen LogP contribution in [0.3, 0.4) is 0 Å². The number of amides is 1. The molecule has 2 aromatic heterocycles. The number of nitrogens with zero attached hydrogens (tertiary/aromatic N) is 5. The van der Waals surface area contributed by atoms with Crippen LogP contribution in [0.1, 0.15) is 25.2 Å². The predicted molar refractivity (Wildman–Crippen MR) is 77.8 cm³/mol. The standard InChI is InChI=1S/C14H18N6O2/c1-2-4-15-11(21)9-20-7-10(8-20)14-18-13(19-22-14)12-16-5-3-6-17-12/h3,5-6,10H,2,4,7-9H2,1H3,(H,15,21). The molecule has 1 aliphatic heterocycles. The molecule has 1 aliphatic rings. The largest absolute Gasteiger partial charge is 0.355 e. The summed E-state index contributed by atoms with van der Waals surface area (Å²) in [5, 5.41) is 6.77. The minimum Gasteiger partial charge on any atom is -0.355 e. The van der Waals surface area contributed by atoms with Gasteiger partial charge >= 0.3 is 0 Å².